The second kappa shape index (κ2) is 7.01. The molecule has 0 aliphatic carbocycles. The minimum Gasteiger partial charge on any atom is -0.383 e. The number of hydrogen-bond acceptors (Lipinski definition) is 3. The number of rotatable bonds is 6. The Hall–Kier alpha value is -0.420. The van der Waals surface area contributed by atoms with E-state index >= 15 is 0 Å². The van der Waals surface area contributed by atoms with E-state index in [2.05, 4.69) is 40.0 Å². The van der Waals surface area contributed by atoms with Crippen LogP contribution in [0.1, 0.15) is 11.6 Å². The van der Waals surface area contributed by atoms with Crippen molar-refractivity contribution in [2.45, 2.75) is 6.04 Å². The number of nitrogens with two attached hydrogens (primary N) is 1. The van der Waals surface area contributed by atoms with Gasteiger partial charge in [0, 0.05) is 30.7 Å². The third kappa shape index (κ3) is 3.87. The molecule has 16 heavy (non-hydrogen) atoms. The lowest BCUT2D eigenvalue weighted by atomic mass is 10.1. The number of hydrogen-bond donors (Lipinski definition) is 1. The monoisotopic (exact) mass is 286 g/mol. The molecule has 0 spiro atoms. The lowest BCUT2D eigenvalue weighted by molar-refractivity contribution is 0.140. The molecule has 4 heteroatoms. The van der Waals surface area contributed by atoms with Gasteiger partial charge in [-0.2, -0.15) is 0 Å². The van der Waals surface area contributed by atoms with Crippen LogP contribution in [0.5, 0.6) is 0 Å². The zero-order chi connectivity index (χ0) is 12.0. The highest BCUT2D eigenvalue weighted by atomic mass is 79.9. The summed E-state index contributed by atoms with van der Waals surface area (Å²) in [6.45, 7) is 2.22. The van der Waals surface area contributed by atoms with Crippen molar-refractivity contribution in [1.82, 2.24) is 4.90 Å². The Morgan fingerprint density at radius 2 is 2.00 bits per heavy atom. The van der Waals surface area contributed by atoms with Crippen molar-refractivity contribution < 1.29 is 4.74 Å². The number of benzene rings is 1. The molecular weight excluding hydrogens is 268 g/mol. The summed E-state index contributed by atoms with van der Waals surface area (Å²) in [5.41, 5.74) is 7.06. The molecule has 0 radical (unpaired) electrons. The Kier molecular flexibility index (Phi) is 5.98. The molecule has 0 heterocycles. The van der Waals surface area contributed by atoms with Crippen LogP contribution >= 0.6 is 15.9 Å². The van der Waals surface area contributed by atoms with Crippen molar-refractivity contribution in [3.63, 3.8) is 0 Å². The molecule has 1 aromatic rings. The van der Waals surface area contributed by atoms with E-state index in [1.54, 1.807) is 7.11 Å². The first-order chi connectivity index (χ1) is 7.69. The highest BCUT2D eigenvalue weighted by molar-refractivity contribution is 9.10. The van der Waals surface area contributed by atoms with E-state index in [9.17, 15) is 0 Å². The molecule has 1 aromatic carbocycles. The van der Waals surface area contributed by atoms with Crippen LogP contribution in [0.2, 0.25) is 0 Å². The molecule has 0 bridgehead atoms. The van der Waals surface area contributed by atoms with Crippen molar-refractivity contribution in [2.75, 3.05) is 33.9 Å². The molecule has 0 amide bonds. The van der Waals surface area contributed by atoms with Gasteiger partial charge in [-0.3, -0.25) is 4.90 Å². The van der Waals surface area contributed by atoms with Gasteiger partial charge in [0.25, 0.3) is 0 Å². The van der Waals surface area contributed by atoms with Gasteiger partial charge in [0.15, 0.2) is 0 Å². The van der Waals surface area contributed by atoms with Gasteiger partial charge in [-0.05, 0) is 24.7 Å². The smallest absolute Gasteiger partial charge is 0.0589 e. The van der Waals surface area contributed by atoms with Crippen molar-refractivity contribution in [1.29, 1.82) is 0 Å². The van der Waals surface area contributed by atoms with Crippen molar-refractivity contribution in [3.05, 3.63) is 34.3 Å². The summed E-state index contributed by atoms with van der Waals surface area (Å²) in [6, 6.07) is 8.54. The highest BCUT2D eigenvalue weighted by Gasteiger charge is 2.14. The average molecular weight is 287 g/mol. The van der Waals surface area contributed by atoms with Gasteiger partial charge in [0.05, 0.1) is 6.61 Å². The molecule has 0 aliphatic heterocycles. The van der Waals surface area contributed by atoms with Gasteiger partial charge in [0.1, 0.15) is 0 Å². The van der Waals surface area contributed by atoms with Crippen molar-refractivity contribution in [3.8, 4) is 0 Å². The molecule has 1 unspecified atom stereocenters. The lowest BCUT2D eigenvalue weighted by Gasteiger charge is -2.27. The fourth-order valence-corrected chi connectivity index (χ4v) is 1.91. The molecule has 2 N–H and O–H groups in total. The maximum atomic E-state index is 5.82. The van der Waals surface area contributed by atoms with Gasteiger partial charge < -0.3 is 10.5 Å². The molecular formula is C12H19BrN2O. The molecule has 0 saturated heterocycles. The third-order valence-corrected chi connectivity index (χ3v) is 3.19. The maximum absolute atomic E-state index is 5.82. The molecule has 0 aromatic heterocycles. The average Bonchev–Trinajstić information content (AvgIpc) is 2.30. The standard InChI is InChI=1S/C12H19BrN2O/c1-15(7-8-16-2)12(9-14)10-3-5-11(13)6-4-10/h3-6,12H,7-9,14H2,1-2H3. The summed E-state index contributed by atoms with van der Waals surface area (Å²) < 4.78 is 6.16. The second-order valence-electron chi connectivity index (χ2n) is 3.78. The van der Waals surface area contributed by atoms with E-state index < -0.39 is 0 Å². The molecule has 0 saturated carbocycles. The quantitative estimate of drug-likeness (QED) is 0.870. The minimum absolute atomic E-state index is 0.253. The summed E-state index contributed by atoms with van der Waals surface area (Å²) in [5.74, 6) is 0. The van der Waals surface area contributed by atoms with Crippen LogP contribution in [-0.2, 0) is 4.74 Å². The Bertz CT molecular complexity index is 302. The topological polar surface area (TPSA) is 38.5 Å². The van der Waals surface area contributed by atoms with Crippen LogP contribution in [0, 0.1) is 0 Å². The largest absolute Gasteiger partial charge is 0.383 e. The maximum Gasteiger partial charge on any atom is 0.0589 e. The Balaban J connectivity index is 2.69. The summed E-state index contributed by atoms with van der Waals surface area (Å²) in [5, 5.41) is 0. The van der Waals surface area contributed by atoms with Crippen LogP contribution in [0.3, 0.4) is 0 Å². The van der Waals surface area contributed by atoms with E-state index in [0.717, 1.165) is 17.6 Å². The summed E-state index contributed by atoms with van der Waals surface area (Å²) in [6.07, 6.45) is 0. The van der Waals surface area contributed by atoms with E-state index in [1.807, 2.05) is 12.1 Å². The van der Waals surface area contributed by atoms with E-state index in [4.69, 9.17) is 10.5 Å². The van der Waals surface area contributed by atoms with Crippen LogP contribution in [0.25, 0.3) is 0 Å². The zero-order valence-electron chi connectivity index (χ0n) is 9.82. The molecule has 0 aliphatic rings. The summed E-state index contributed by atoms with van der Waals surface area (Å²) >= 11 is 3.43. The van der Waals surface area contributed by atoms with E-state index in [-0.39, 0.29) is 6.04 Å². The Morgan fingerprint density at radius 3 is 2.50 bits per heavy atom. The van der Waals surface area contributed by atoms with Gasteiger partial charge in [-0.25, -0.2) is 0 Å². The lowest BCUT2D eigenvalue weighted by Crippen LogP contribution is -2.32. The first-order valence-electron chi connectivity index (χ1n) is 5.33. The number of likely N-dealkylation sites (N-methyl/N-ethyl adjacent to an activating group) is 1. The first-order valence-corrected chi connectivity index (χ1v) is 6.13. The number of nitrogens with zero attached hydrogens (tertiary/aromatic N) is 1. The predicted octanol–water partition coefficient (Wildman–Crippen LogP) is 2.03. The van der Waals surface area contributed by atoms with Crippen molar-refractivity contribution >= 4 is 15.9 Å². The highest BCUT2D eigenvalue weighted by Crippen LogP contribution is 2.20. The normalized spacial score (nSPS) is 13.1. The molecule has 1 rings (SSSR count). The Labute approximate surface area is 106 Å². The van der Waals surface area contributed by atoms with Crippen LogP contribution < -0.4 is 5.73 Å². The molecule has 1 atom stereocenters. The fourth-order valence-electron chi connectivity index (χ4n) is 1.65. The summed E-state index contributed by atoms with van der Waals surface area (Å²) in [7, 11) is 3.78. The Morgan fingerprint density at radius 1 is 1.38 bits per heavy atom. The van der Waals surface area contributed by atoms with Gasteiger partial charge in [0.2, 0.25) is 0 Å². The SMILES string of the molecule is COCCN(C)C(CN)c1ccc(Br)cc1. The van der Waals surface area contributed by atoms with E-state index in [0.29, 0.717) is 6.54 Å². The molecule has 0 fully saturated rings. The van der Waals surface area contributed by atoms with Crippen molar-refractivity contribution in [2.24, 2.45) is 5.73 Å². The summed E-state index contributed by atoms with van der Waals surface area (Å²) in [4.78, 5) is 2.22. The number of methoxy groups -OCH3 is 1. The van der Waals surface area contributed by atoms with Gasteiger partial charge in [-0.15, -0.1) is 0 Å². The van der Waals surface area contributed by atoms with Crippen LogP contribution in [0.15, 0.2) is 28.7 Å². The molecule has 3 nitrogen and oxygen atoms in total. The van der Waals surface area contributed by atoms with Crippen LogP contribution in [-0.4, -0.2) is 38.8 Å². The third-order valence-electron chi connectivity index (χ3n) is 2.66. The number of ether oxygens (including phenoxy) is 1. The first kappa shape index (κ1) is 13.6. The minimum atomic E-state index is 0.253. The zero-order valence-corrected chi connectivity index (χ0v) is 11.4. The van der Waals surface area contributed by atoms with Gasteiger partial charge in [-0.1, -0.05) is 28.1 Å². The van der Waals surface area contributed by atoms with Crippen LogP contribution in [0.4, 0.5) is 0 Å². The second-order valence-corrected chi connectivity index (χ2v) is 4.69. The van der Waals surface area contributed by atoms with Gasteiger partial charge >= 0.3 is 0 Å². The predicted molar refractivity (Wildman–Crippen MR) is 70.4 cm³/mol. The van der Waals surface area contributed by atoms with E-state index in [1.165, 1.54) is 5.56 Å². The number of halogens is 1. The molecule has 90 valence electrons. The fraction of sp³-hybridized carbons (Fsp3) is 0.500.